The topological polar surface area (TPSA) is 57.9 Å². The number of β-amino-alcohol motifs (C(OH)–C–C–N with tert-alkyl or cyclic N) is 1. The lowest BCUT2D eigenvalue weighted by Gasteiger charge is -2.20. The standard InChI is InChI=1S/C43H44F3N3O3/c1-28-31(13-14-33-24-41(52-3)34(23-39(33)43(44,45)46)26-47-18-4-5-19-47)8-6-9-36(28)37-10-7-11-40(29(37)2)49-21-16-32-22-30(12-15-38(32)42(49)51)25-48-20-17-35(50)27-48/h6-16,21-24,35,50H,4-5,17-20,25-27H2,1-3H3/b14-13+/t35-/m1/s1. The van der Waals surface area contributed by atoms with Crippen molar-refractivity contribution in [3.63, 3.8) is 0 Å². The monoisotopic (exact) mass is 707 g/mol. The summed E-state index contributed by atoms with van der Waals surface area (Å²) in [5.41, 5.74) is 6.14. The molecule has 4 aromatic carbocycles. The van der Waals surface area contributed by atoms with Crippen LogP contribution in [0.15, 0.2) is 83.8 Å². The molecule has 0 bridgehead atoms. The third-order valence-electron chi connectivity index (χ3n) is 10.6. The molecule has 0 spiro atoms. The minimum Gasteiger partial charge on any atom is -0.496 e. The number of alkyl halides is 3. The summed E-state index contributed by atoms with van der Waals surface area (Å²) in [5, 5.41) is 11.4. The lowest BCUT2D eigenvalue weighted by Crippen LogP contribution is -2.22. The fourth-order valence-electron chi connectivity index (χ4n) is 7.80. The highest BCUT2D eigenvalue weighted by atomic mass is 19.4. The number of halogens is 3. The molecule has 3 heterocycles. The molecule has 2 aliphatic heterocycles. The molecule has 0 amide bonds. The van der Waals surface area contributed by atoms with Crippen molar-refractivity contribution in [3.8, 4) is 22.6 Å². The van der Waals surface area contributed by atoms with Gasteiger partial charge in [0.15, 0.2) is 0 Å². The van der Waals surface area contributed by atoms with Gasteiger partial charge in [-0.1, -0.05) is 48.6 Å². The predicted molar refractivity (Wildman–Crippen MR) is 202 cm³/mol. The molecule has 0 radical (unpaired) electrons. The number of hydrogen-bond donors (Lipinski definition) is 1. The van der Waals surface area contributed by atoms with Gasteiger partial charge in [-0.05, 0) is 127 Å². The van der Waals surface area contributed by atoms with Gasteiger partial charge in [0.25, 0.3) is 5.56 Å². The molecule has 9 heteroatoms. The highest BCUT2D eigenvalue weighted by Gasteiger charge is 2.34. The SMILES string of the molecule is COc1cc(/C=C/c2cccc(-c3cccc(-n4ccc5cc(CN6CC[C@@H](O)C6)ccc5c4=O)c3C)c2C)c(C(F)(F)F)cc1CN1CCCC1. The molecule has 1 atom stereocenters. The van der Waals surface area contributed by atoms with Crippen molar-refractivity contribution < 1.29 is 23.0 Å². The normalized spacial score (nSPS) is 17.2. The van der Waals surface area contributed by atoms with E-state index in [4.69, 9.17) is 4.74 Å². The molecule has 2 fully saturated rings. The van der Waals surface area contributed by atoms with Crippen LogP contribution in [0, 0.1) is 13.8 Å². The van der Waals surface area contributed by atoms with E-state index in [0.29, 0.717) is 29.8 Å². The zero-order valence-corrected chi connectivity index (χ0v) is 29.8. The summed E-state index contributed by atoms with van der Waals surface area (Å²) in [5.74, 6) is 0.449. The van der Waals surface area contributed by atoms with Crippen molar-refractivity contribution in [2.75, 3.05) is 33.3 Å². The number of fused-ring (bicyclic) bond motifs is 1. The van der Waals surface area contributed by atoms with Crippen LogP contribution in [0.25, 0.3) is 39.7 Å². The smallest absolute Gasteiger partial charge is 0.417 e. The number of ether oxygens (including phenoxy) is 1. The fourth-order valence-corrected chi connectivity index (χ4v) is 7.80. The largest absolute Gasteiger partial charge is 0.496 e. The summed E-state index contributed by atoms with van der Waals surface area (Å²) >= 11 is 0. The maximum Gasteiger partial charge on any atom is 0.417 e. The van der Waals surface area contributed by atoms with E-state index in [1.807, 2.05) is 80.7 Å². The Balaban J connectivity index is 1.19. The molecule has 270 valence electrons. The summed E-state index contributed by atoms with van der Waals surface area (Å²) in [6.45, 7) is 8.37. The molecule has 52 heavy (non-hydrogen) atoms. The van der Waals surface area contributed by atoms with Crippen LogP contribution in [0.3, 0.4) is 0 Å². The average molecular weight is 708 g/mol. The minimum atomic E-state index is -4.53. The van der Waals surface area contributed by atoms with Gasteiger partial charge in [0.1, 0.15) is 5.75 Å². The van der Waals surface area contributed by atoms with Crippen molar-refractivity contribution in [1.82, 2.24) is 14.4 Å². The molecule has 1 aromatic heterocycles. The van der Waals surface area contributed by atoms with Gasteiger partial charge in [-0.2, -0.15) is 13.2 Å². The van der Waals surface area contributed by atoms with E-state index >= 15 is 0 Å². The van der Waals surface area contributed by atoms with Crippen LogP contribution >= 0.6 is 0 Å². The van der Waals surface area contributed by atoms with Crippen LogP contribution in [0.1, 0.15) is 58.2 Å². The van der Waals surface area contributed by atoms with Gasteiger partial charge in [0.05, 0.1) is 24.5 Å². The van der Waals surface area contributed by atoms with Gasteiger partial charge in [-0.15, -0.1) is 0 Å². The number of rotatable bonds is 9. The van der Waals surface area contributed by atoms with Gasteiger partial charge in [-0.25, -0.2) is 0 Å². The Labute approximate surface area is 302 Å². The summed E-state index contributed by atoms with van der Waals surface area (Å²) in [7, 11) is 1.50. The van der Waals surface area contributed by atoms with E-state index in [1.54, 1.807) is 10.6 Å². The highest BCUT2D eigenvalue weighted by Crippen LogP contribution is 2.38. The van der Waals surface area contributed by atoms with Crippen molar-refractivity contribution in [2.24, 2.45) is 0 Å². The van der Waals surface area contributed by atoms with Crippen LogP contribution < -0.4 is 10.3 Å². The van der Waals surface area contributed by atoms with Crippen LogP contribution in [-0.2, 0) is 19.3 Å². The zero-order chi connectivity index (χ0) is 36.6. The van der Waals surface area contributed by atoms with E-state index in [2.05, 4.69) is 9.80 Å². The van der Waals surface area contributed by atoms with Crippen LogP contribution in [0.4, 0.5) is 13.2 Å². The second-order valence-corrected chi connectivity index (χ2v) is 14.1. The maximum absolute atomic E-state index is 14.4. The molecular weight excluding hydrogens is 663 g/mol. The Morgan fingerprint density at radius 1 is 0.846 bits per heavy atom. The second kappa shape index (κ2) is 14.7. The molecular formula is C43H44F3N3O3. The zero-order valence-electron chi connectivity index (χ0n) is 29.8. The Morgan fingerprint density at radius 2 is 1.58 bits per heavy atom. The number of benzene rings is 4. The quantitative estimate of drug-likeness (QED) is 0.156. The van der Waals surface area contributed by atoms with E-state index in [-0.39, 0.29) is 17.2 Å². The van der Waals surface area contributed by atoms with Gasteiger partial charge in [0.2, 0.25) is 0 Å². The Morgan fingerprint density at radius 3 is 2.29 bits per heavy atom. The number of aliphatic hydroxyl groups is 1. The van der Waals surface area contributed by atoms with Gasteiger partial charge >= 0.3 is 6.18 Å². The molecule has 1 N–H and O–H groups in total. The molecule has 6 nitrogen and oxygen atoms in total. The van der Waals surface area contributed by atoms with Crippen molar-refractivity contribution in [2.45, 2.75) is 58.5 Å². The maximum atomic E-state index is 14.4. The number of aliphatic hydroxyl groups excluding tert-OH is 1. The first-order valence-electron chi connectivity index (χ1n) is 17.9. The number of likely N-dealkylation sites (tertiary alicyclic amines) is 2. The summed E-state index contributed by atoms with van der Waals surface area (Å²) in [4.78, 5) is 18.2. The number of aromatic nitrogens is 1. The molecule has 0 unspecified atom stereocenters. The predicted octanol–water partition coefficient (Wildman–Crippen LogP) is 8.63. The molecule has 2 aliphatic rings. The van der Waals surface area contributed by atoms with E-state index < -0.39 is 11.7 Å². The minimum absolute atomic E-state index is 0.0511. The lowest BCUT2D eigenvalue weighted by molar-refractivity contribution is -0.137. The van der Waals surface area contributed by atoms with Crippen molar-refractivity contribution in [3.05, 3.63) is 128 Å². The first-order valence-corrected chi connectivity index (χ1v) is 17.9. The summed E-state index contributed by atoms with van der Waals surface area (Å²) < 4.78 is 50.4. The molecule has 2 saturated heterocycles. The van der Waals surface area contributed by atoms with Crippen LogP contribution in [-0.4, -0.2) is 58.9 Å². The first kappa shape index (κ1) is 35.7. The van der Waals surface area contributed by atoms with Crippen LogP contribution in [0.5, 0.6) is 5.75 Å². The average Bonchev–Trinajstić information content (AvgIpc) is 3.79. The number of nitrogens with zero attached hydrogens (tertiary/aromatic N) is 3. The summed E-state index contributed by atoms with van der Waals surface area (Å²) in [6, 6.07) is 22.3. The summed E-state index contributed by atoms with van der Waals surface area (Å²) in [6.07, 6.45) is 3.14. The van der Waals surface area contributed by atoms with Crippen LogP contribution in [0.2, 0.25) is 0 Å². The van der Waals surface area contributed by atoms with E-state index in [9.17, 15) is 23.1 Å². The lowest BCUT2D eigenvalue weighted by atomic mass is 9.92. The number of hydrogen-bond acceptors (Lipinski definition) is 5. The Kier molecular flexibility index (Phi) is 10.1. The molecule has 0 saturated carbocycles. The van der Waals surface area contributed by atoms with Gasteiger partial charge in [-0.3, -0.25) is 19.2 Å². The molecule has 0 aliphatic carbocycles. The van der Waals surface area contributed by atoms with Gasteiger partial charge < -0.3 is 9.84 Å². The first-order chi connectivity index (χ1) is 25.0. The van der Waals surface area contributed by atoms with Crippen molar-refractivity contribution >= 4 is 22.9 Å². The molecule has 5 aromatic rings. The molecule has 7 rings (SSSR count). The third-order valence-corrected chi connectivity index (χ3v) is 10.6. The van der Waals surface area contributed by atoms with E-state index in [0.717, 1.165) is 89.9 Å². The Bertz CT molecular complexity index is 2200. The van der Waals surface area contributed by atoms with Crippen molar-refractivity contribution in [1.29, 1.82) is 0 Å². The van der Waals surface area contributed by atoms with Gasteiger partial charge in [0, 0.05) is 43.3 Å². The second-order valence-electron chi connectivity index (χ2n) is 14.1. The Hall–Kier alpha value is -4.70. The number of pyridine rings is 1. The van der Waals surface area contributed by atoms with E-state index in [1.165, 1.54) is 25.3 Å². The number of methoxy groups -OCH3 is 1. The highest BCUT2D eigenvalue weighted by molar-refractivity contribution is 5.84. The third kappa shape index (κ3) is 7.31. The fraction of sp³-hybridized carbons (Fsp3) is 0.326.